The van der Waals surface area contributed by atoms with E-state index in [0.29, 0.717) is 5.92 Å². The molecule has 0 radical (unpaired) electrons. The number of rotatable bonds is 7. The molecule has 3 heteroatoms. The summed E-state index contributed by atoms with van der Waals surface area (Å²) >= 11 is 0. The van der Waals surface area contributed by atoms with E-state index in [1.807, 2.05) is 6.92 Å². The van der Waals surface area contributed by atoms with Gasteiger partial charge in [-0.15, -0.1) is 0 Å². The van der Waals surface area contributed by atoms with Crippen LogP contribution in [-0.2, 0) is 0 Å². The molecule has 4 unspecified atom stereocenters. The van der Waals surface area contributed by atoms with Gasteiger partial charge in [-0.1, -0.05) is 20.3 Å². The number of hydrogen-bond acceptors (Lipinski definition) is 3. The van der Waals surface area contributed by atoms with Crippen LogP contribution in [0.2, 0.25) is 0 Å². The van der Waals surface area contributed by atoms with E-state index in [1.54, 1.807) is 0 Å². The minimum atomic E-state index is 0.195. The van der Waals surface area contributed by atoms with Gasteiger partial charge < -0.3 is 17.2 Å². The van der Waals surface area contributed by atoms with Crippen molar-refractivity contribution in [1.29, 1.82) is 0 Å². The third-order valence-electron chi connectivity index (χ3n) is 2.84. The molecule has 0 amide bonds. The van der Waals surface area contributed by atoms with Crippen molar-refractivity contribution >= 4 is 0 Å². The van der Waals surface area contributed by atoms with Gasteiger partial charge in [0.2, 0.25) is 0 Å². The van der Waals surface area contributed by atoms with Crippen molar-refractivity contribution in [2.75, 3.05) is 0 Å². The van der Waals surface area contributed by atoms with Crippen molar-refractivity contribution in [3.8, 4) is 0 Å². The predicted molar refractivity (Wildman–Crippen MR) is 62.9 cm³/mol. The van der Waals surface area contributed by atoms with Gasteiger partial charge in [-0.25, -0.2) is 0 Å². The highest BCUT2D eigenvalue weighted by atomic mass is 14.7. The van der Waals surface area contributed by atoms with Crippen LogP contribution in [0.5, 0.6) is 0 Å². The third-order valence-corrected chi connectivity index (χ3v) is 2.84. The smallest absolute Gasteiger partial charge is 0.00824 e. The van der Waals surface area contributed by atoms with Crippen LogP contribution in [0.15, 0.2) is 0 Å². The van der Waals surface area contributed by atoms with E-state index in [2.05, 4.69) is 13.8 Å². The minimum Gasteiger partial charge on any atom is -0.328 e. The maximum atomic E-state index is 6.12. The highest BCUT2D eigenvalue weighted by Gasteiger charge is 2.23. The Morgan fingerprint density at radius 3 is 1.93 bits per heavy atom. The second-order valence-corrected chi connectivity index (χ2v) is 4.40. The molecule has 0 aliphatic rings. The van der Waals surface area contributed by atoms with Crippen molar-refractivity contribution in [3.63, 3.8) is 0 Å². The van der Waals surface area contributed by atoms with Gasteiger partial charge >= 0.3 is 0 Å². The lowest BCUT2D eigenvalue weighted by Crippen LogP contribution is -2.44. The fourth-order valence-electron chi connectivity index (χ4n) is 1.95. The van der Waals surface area contributed by atoms with Crippen molar-refractivity contribution < 1.29 is 0 Å². The van der Waals surface area contributed by atoms with Gasteiger partial charge in [0.1, 0.15) is 0 Å². The number of hydrogen-bond donors (Lipinski definition) is 3. The van der Waals surface area contributed by atoms with E-state index < -0.39 is 0 Å². The largest absolute Gasteiger partial charge is 0.328 e. The Morgan fingerprint density at radius 2 is 1.57 bits per heavy atom. The Bertz CT molecular complexity index is 136. The molecule has 0 rings (SSSR count). The summed E-state index contributed by atoms with van der Waals surface area (Å²) in [4.78, 5) is 0. The molecular weight excluding hydrogens is 174 g/mol. The second kappa shape index (κ2) is 7.21. The molecule has 0 aliphatic heterocycles. The summed E-state index contributed by atoms with van der Waals surface area (Å²) in [6, 6.07) is 0.601. The first-order valence-electron chi connectivity index (χ1n) is 5.79. The van der Waals surface area contributed by atoms with Gasteiger partial charge in [0.25, 0.3) is 0 Å². The van der Waals surface area contributed by atoms with Gasteiger partial charge in [0, 0.05) is 18.1 Å². The predicted octanol–water partition coefficient (Wildman–Crippen LogP) is 1.20. The monoisotopic (exact) mass is 201 g/mol. The maximum Gasteiger partial charge on any atom is 0.00824 e. The van der Waals surface area contributed by atoms with Crippen molar-refractivity contribution in [1.82, 2.24) is 0 Å². The zero-order valence-electron chi connectivity index (χ0n) is 9.87. The van der Waals surface area contributed by atoms with Crippen molar-refractivity contribution in [2.24, 2.45) is 23.1 Å². The summed E-state index contributed by atoms with van der Waals surface area (Å²) in [6.45, 7) is 6.28. The molecule has 0 fully saturated rings. The molecule has 0 aromatic carbocycles. The highest BCUT2D eigenvalue weighted by Crippen LogP contribution is 2.18. The van der Waals surface area contributed by atoms with Gasteiger partial charge in [0.15, 0.2) is 0 Å². The minimum absolute atomic E-state index is 0.195. The SMILES string of the molecule is CCCC(N)C(CC(C)N)C(N)CC. The Hall–Kier alpha value is -0.120. The lowest BCUT2D eigenvalue weighted by atomic mass is 9.84. The molecule has 86 valence electrons. The van der Waals surface area contributed by atoms with E-state index in [-0.39, 0.29) is 18.1 Å². The van der Waals surface area contributed by atoms with Gasteiger partial charge in [0.05, 0.1) is 0 Å². The molecule has 0 heterocycles. The van der Waals surface area contributed by atoms with E-state index in [4.69, 9.17) is 17.2 Å². The zero-order valence-corrected chi connectivity index (χ0v) is 9.87. The Morgan fingerprint density at radius 1 is 1.00 bits per heavy atom. The molecule has 6 N–H and O–H groups in total. The van der Waals surface area contributed by atoms with E-state index >= 15 is 0 Å². The molecule has 0 aliphatic carbocycles. The summed E-state index contributed by atoms with van der Waals surface area (Å²) in [6.07, 6.45) is 4.09. The van der Waals surface area contributed by atoms with Crippen LogP contribution >= 0.6 is 0 Å². The average Bonchev–Trinajstić information content (AvgIpc) is 2.13. The van der Waals surface area contributed by atoms with Crippen LogP contribution in [0.25, 0.3) is 0 Å². The third kappa shape index (κ3) is 4.94. The van der Waals surface area contributed by atoms with E-state index in [9.17, 15) is 0 Å². The Kier molecular flexibility index (Phi) is 7.15. The van der Waals surface area contributed by atoms with Crippen LogP contribution in [0, 0.1) is 5.92 Å². The summed E-state index contributed by atoms with van der Waals surface area (Å²) in [7, 11) is 0. The van der Waals surface area contributed by atoms with Crippen LogP contribution in [-0.4, -0.2) is 18.1 Å². The summed E-state index contributed by atoms with van der Waals surface area (Å²) < 4.78 is 0. The maximum absolute atomic E-state index is 6.12. The summed E-state index contributed by atoms with van der Waals surface area (Å²) in [5.41, 5.74) is 18.0. The number of nitrogens with two attached hydrogens (primary N) is 3. The quantitative estimate of drug-likeness (QED) is 0.579. The topological polar surface area (TPSA) is 78.1 Å². The van der Waals surface area contributed by atoms with Crippen LogP contribution in [0.3, 0.4) is 0 Å². The fourth-order valence-corrected chi connectivity index (χ4v) is 1.95. The molecule has 0 bridgehead atoms. The highest BCUT2D eigenvalue weighted by molar-refractivity contribution is 4.83. The molecule has 0 spiro atoms. The van der Waals surface area contributed by atoms with Crippen molar-refractivity contribution in [3.05, 3.63) is 0 Å². The fraction of sp³-hybridized carbons (Fsp3) is 1.00. The first-order chi connectivity index (χ1) is 6.52. The molecule has 4 atom stereocenters. The van der Waals surface area contributed by atoms with Crippen LogP contribution < -0.4 is 17.2 Å². The lowest BCUT2D eigenvalue weighted by Gasteiger charge is -2.30. The van der Waals surface area contributed by atoms with Crippen LogP contribution in [0.1, 0.15) is 46.5 Å². The normalized spacial score (nSPS) is 20.1. The molecular formula is C11H27N3. The molecule has 0 aromatic rings. The van der Waals surface area contributed by atoms with Crippen molar-refractivity contribution in [2.45, 2.75) is 64.6 Å². The zero-order chi connectivity index (χ0) is 11.1. The first kappa shape index (κ1) is 13.9. The van der Waals surface area contributed by atoms with Gasteiger partial charge in [-0.2, -0.15) is 0 Å². The first-order valence-corrected chi connectivity index (χ1v) is 5.79. The molecule has 0 saturated carbocycles. The standard InChI is InChI=1S/C11H27N3/c1-4-6-11(14)9(7-8(3)12)10(13)5-2/h8-11H,4-7,12-14H2,1-3H3. The van der Waals surface area contributed by atoms with E-state index in [0.717, 1.165) is 25.7 Å². The molecule has 3 nitrogen and oxygen atoms in total. The Balaban J connectivity index is 4.22. The molecule has 0 aromatic heterocycles. The second-order valence-electron chi connectivity index (χ2n) is 4.40. The molecule has 0 saturated heterocycles. The summed E-state index contributed by atoms with van der Waals surface area (Å²) in [5.74, 6) is 0.375. The van der Waals surface area contributed by atoms with Gasteiger partial charge in [-0.05, 0) is 32.1 Å². The molecule has 14 heavy (non-hydrogen) atoms. The van der Waals surface area contributed by atoms with Gasteiger partial charge in [-0.3, -0.25) is 0 Å². The average molecular weight is 201 g/mol. The lowest BCUT2D eigenvalue weighted by molar-refractivity contribution is 0.293. The van der Waals surface area contributed by atoms with Crippen LogP contribution in [0.4, 0.5) is 0 Å². The Labute approximate surface area is 88.4 Å². The van der Waals surface area contributed by atoms with E-state index in [1.165, 1.54) is 0 Å². The summed E-state index contributed by atoms with van der Waals surface area (Å²) in [5, 5.41) is 0.